The van der Waals surface area contributed by atoms with Crippen LogP contribution in [0.15, 0.2) is 36.5 Å². The summed E-state index contributed by atoms with van der Waals surface area (Å²) in [7, 11) is 0. The van der Waals surface area contributed by atoms with Gasteiger partial charge in [0.2, 0.25) is 0 Å². The van der Waals surface area contributed by atoms with Crippen molar-refractivity contribution in [2.75, 3.05) is 19.6 Å². The van der Waals surface area contributed by atoms with Crippen LogP contribution in [0.1, 0.15) is 32.6 Å². The van der Waals surface area contributed by atoms with Crippen molar-refractivity contribution < 1.29 is 0 Å². The fourth-order valence-corrected chi connectivity index (χ4v) is 3.21. The normalized spacial score (nSPS) is 30.4. The van der Waals surface area contributed by atoms with Crippen molar-refractivity contribution >= 4 is 0 Å². The van der Waals surface area contributed by atoms with Gasteiger partial charge in [0.05, 0.1) is 0 Å². The number of nitrogens with one attached hydrogen (secondary N) is 1. The highest BCUT2D eigenvalue weighted by Gasteiger charge is 2.32. The Morgan fingerprint density at radius 2 is 2.17 bits per heavy atom. The molecule has 2 aliphatic rings. The molecule has 18 heavy (non-hydrogen) atoms. The molecule has 0 aromatic heterocycles. The lowest BCUT2D eigenvalue weighted by atomic mass is 9.87. The van der Waals surface area contributed by atoms with Crippen LogP contribution >= 0.6 is 0 Å². The van der Waals surface area contributed by atoms with E-state index in [1.807, 2.05) is 12.2 Å². The predicted octanol–water partition coefficient (Wildman–Crippen LogP) is 2.89. The van der Waals surface area contributed by atoms with Gasteiger partial charge in [-0.2, -0.15) is 0 Å². The topological polar surface area (TPSA) is 15.3 Å². The SMILES string of the molecule is C=CC=CC=C(C)CN1CCNC2CCCCC21. The number of fused-ring (bicyclic) bond motifs is 1. The summed E-state index contributed by atoms with van der Waals surface area (Å²) in [6, 6.07) is 1.50. The summed E-state index contributed by atoms with van der Waals surface area (Å²) in [5.41, 5.74) is 1.44. The lowest BCUT2D eigenvalue weighted by Crippen LogP contribution is -2.59. The summed E-state index contributed by atoms with van der Waals surface area (Å²) in [6.45, 7) is 9.38. The Morgan fingerprint density at radius 3 is 3.00 bits per heavy atom. The maximum atomic E-state index is 3.69. The number of piperazine rings is 1. The monoisotopic (exact) mass is 246 g/mol. The van der Waals surface area contributed by atoms with Crippen LogP contribution in [0.25, 0.3) is 0 Å². The molecule has 100 valence electrons. The minimum Gasteiger partial charge on any atom is -0.311 e. The van der Waals surface area contributed by atoms with E-state index in [0.29, 0.717) is 0 Å². The van der Waals surface area contributed by atoms with Crippen molar-refractivity contribution in [3.8, 4) is 0 Å². The fraction of sp³-hybridized carbons (Fsp3) is 0.625. The molecule has 2 heteroatoms. The Balaban J connectivity index is 1.92. The zero-order valence-corrected chi connectivity index (χ0v) is 11.6. The average molecular weight is 246 g/mol. The van der Waals surface area contributed by atoms with Gasteiger partial charge in [-0.1, -0.05) is 49.3 Å². The molecule has 2 atom stereocenters. The summed E-state index contributed by atoms with van der Waals surface area (Å²) in [6.07, 6.45) is 13.6. The number of rotatable bonds is 4. The molecule has 1 heterocycles. The lowest BCUT2D eigenvalue weighted by Gasteiger charge is -2.44. The van der Waals surface area contributed by atoms with Gasteiger partial charge in [-0.15, -0.1) is 0 Å². The first-order valence-electron chi connectivity index (χ1n) is 7.23. The molecule has 0 radical (unpaired) electrons. The highest BCUT2D eigenvalue weighted by Crippen LogP contribution is 2.25. The quantitative estimate of drug-likeness (QED) is 0.767. The van der Waals surface area contributed by atoms with Gasteiger partial charge in [0.15, 0.2) is 0 Å². The van der Waals surface area contributed by atoms with E-state index in [1.165, 1.54) is 37.8 Å². The van der Waals surface area contributed by atoms with Gasteiger partial charge in [0, 0.05) is 31.7 Å². The summed E-state index contributed by atoms with van der Waals surface area (Å²) in [5.74, 6) is 0. The second kappa shape index (κ2) is 6.91. The van der Waals surface area contributed by atoms with Crippen LogP contribution in [0.5, 0.6) is 0 Å². The summed E-state index contributed by atoms with van der Waals surface area (Å²) >= 11 is 0. The molecule has 2 nitrogen and oxygen atoms in total. The molecule has 0 amide bonds. The van der Waals surface area contributed by atoms with Gasteiger partial charge in [0.25, 0.3) is 0 Å². The molecule has 1 aliphatic carbocycles. The lowest BCUT2D eigenvalue weighted by molar-refractivity contribution is 0.0971. The largest absolute Gasteiger partial charge is 0.311 e. The standard InChI is InChI=1S/C16H26N2/c1-3-4-5-8-14(2)13-18-12-11-17-15-9-6-7-10-16(15)18/h3-5,8,15-17H,1,6-7,9-13H2,2H3. The molecular weight excluding hydrogens is 220 g/mol. The highest BCUT2D eigenvalue weighted by molar-refractivity contribution is 5.15. The highest BCUT2D eigenvalue weighted by atomic mass is 15.2. The van der Waals surface area contributed by atoms with E-state index in [9.17, 15) is 0 Å². The van der Waals surface area contributed by atoms with Gasteiger partial charge in [-0.3, -0.25) is 4.90 Å². The van der Waals surface area contributed by atoms with Crippen LogP contribution in [0.3, 0.4) is 0 Å². The van der Waals surface area contributed by atoms with E-state index in [4.69, 9.17) is 0 Å². The summed E-state index contributed by atoms with van der Waals surface area (Å²) in [5, 5.41) is 3.69. The minimum absolute atomic E-state index is 0.740. The van der Waals surface area contributed by atoms with Crippen molar-refractivity contribution in [1.29, 1.82) is 0 Å². The minimum atomic E-state index is 0.740. The third kappa shape index (κ3) is 3.56. The second-order valence-electron chi connectivity index (χ2n) is 5.52. The Hall–Kier alpha value is -0.860. The van der Waals surface area contributed by atoms with E-state index < -0.39 is 0 Å². The van der Waals surface area contributed by atoms with Crippen LogP contribution in [-0.4, -0.2) is 36.6 Å². The average Bonchev–Trinajstić information content (AvgIpc) is 2.39. The molecule has 0 spiro atoms. The molecule has 2 unspecified atom stereocenters. The van der Waals surface area contributed by atoms with E-state index in [1.54, 1.807) is 0 Å². The van der Waals surface area contributed by atoms with Crippen molar-refractivity contribution in [3.05, 3.63) is 36.5 Å². The molecule has 1 saturated carbocycles. The molecule has 0 aromatic rings. The number of nitrogens with zero attached hydrogens (tertiary/aromatic N) is 1. The Kier molecular flexibility index (Phi) is 5.21. The van der Waals surface area contributed by atoms with Crippen molar-refractivity contribution in [2.45, 2.75) is 44.7 Å². The first-order chi connectivity index (χ1) is 8.81. The van der Waals surface area contributed by atoms with Crippen LogP contribution in [0.2, 0.25) is 0 Å². The van der Waals surface area contributed by atoms with Crippen LogP contribution in [0.4, 0.5) is 0 Å². The Bertz CT molecular complexity index is 328. The van der Waals surface area contributed by atoms with Gasteiger partial charge in [-0.25, -0.2) is 0 Å². The van der Waals surface area contributed by atoms with E-state index in [-0.39, 0.29) is 0 Å². The Labute approximate surface area is 111 Å². The fourth-order valence-electron chi connectivity index (χ4n) is 3.21. The molecule has 0 bridgehead atoms. The summed E-state index contributed by atoms with van der Waals surface area (Å²) < 4.78 is 0. The molecule has 2 fully saturated rings. The van der Waals surface area contributed by atoms with E-state index >= 15 is 0 Å². The van der Waals surface area contributed by atoms with Crippen LogP contribution in [0, 0.1) is 0 Å². The number of hydrogen-bond donors (Lipinski definition) is 1. The maximum absolute atomic E-state index is 3.69. The van der Waals surface area contributed by atoms with Gasteiger partial charge < -0.3 is 5.32 Å². The van der Waals surface area contributed by atoms with Crippen LogP contribution < -0.4 is 5.32 Å². The van der Waals surface area contributed by atoms with E-state index in [2.05, 4.69) is 35.9 Å². The summed E-state index contributed by atoms with van der Waals surface area (Å²) in [4.78, 5) is 2.67. The molecule has 2 rings (SSSR count). The third-order valence-electron chi connectivity index (χ3n) is 4.08. The zero-order chi connectivity index (χ0) is 12.8. The van der Waals surface area contributed by atoms with Gasteiger partial charge >= 0.3 is 0 Å². The number of hydrogen-bond acceptors (Lipinski definition) is 2. The van der Waals surface area contributed by atoms with Gasteiger partial charge in [0.1, 0.15) is 0 Å². The van der Waals surface area contributed by atoms with Crippen molar-refractivity contribution in [2.24, 2.45) is 0 Å². The van der Waals surface area contributed by atoms with E-state index in [0.717, 1.165) is 25.2 Å². The molecule has 1 aliphatic heterocycles. The van der Waals surface area contributed by atoms with Crippen LogP contribution in [-0.2, 0) is 0 Å². The third-order valence-corrected chi connectivity index (χ3v) is 4.08. The molecular formula is C16H26N2. The zero-order valence-electron chi connectivity index (χ0n) is 11.6. The second-order valence-corrected chi connectivity index (χ2v) is 5.52. The molecule has 1 saturated heterocycles. The predicted molar refractivity (Wildman–Crippen MR) is 78.7 cm³/mol. The first kappa shape index (κ1) is 13.6. The number of allylic oxidation sites excluding steroid dienone is 4. The van der Waals surface area contributed by atoms with Crippen molar-refractivity contribution in [3.63, 3.8) is 0 Å². The Morgan fingerprint density at radius 1 is 1.33 bits per heavy atom. The molecule has 0 aromatic carbocycles. The molecule has 1 N–H and O–H groups in total. The van der Waals surface area contributed by atoms with Crippen molar-refractivity contribution in [1.82, 2.24) is 10.2 Å². The first-order valence-corrected chi connectivity index (χ1v) is 7.23. The smallest absolute Gasteiger partial charge is 0.0253 e. The van der Waals surface area contributed by atoms with Gasteiger partial charge in [-0.05, 0) is 19.8 Å². The maximum Gasteiger partial charge on any atom is 0.0253 e.